The highest BCUT2D eigenvalue weighted by molar-refractivity contribution is 5.93. The summed E-state index contributed by atoms with van der Waals surface area (Å²) >= 11 is 0. The van der Waals surface area contributed by atoms with Crippen LogP contribution in [0.25, 0.3) is 5.70 Å². The molecule has 6 heteroatoms. The fourth-order valence-corrected chi connectivity index (χ4v) is 2.69. The summed E-state index contributed by atoms with van der Waals surface area (Å²) in [5.74, 6) is 1.25. The Morgan fingerprint density at radius 2 is 2.18 bits per heavy atom. The van der Waals surface area contributed by atoms with Crippen LogP contribution >= 0.6 is 0 Å². The van der Waals surface area contributed by atoms with Gasteiger partial charge in [-0.25, -0.2) is 0 Å². The summed E-state index contributed by atoms with van der Waals surface area (Å²) in [6.07, 6.45) is 3.82. The molecule has 3 rings (SSSR count). The average Bonchev–Trinajstić information content (AvgIpc) is 2.93. The number of ether oxygens (including phenoxy) is 1. The van der Waals surface area contributed by atoms with Crippen LogP contribution in [0.2, 0.25) is 0 Å². The van der Waals surface area contributed by atoms with Gasteiger partial charge in [-0.15, -0.1) is 4.99 Å². The average molecular weight is 293 g/mol. The molecule has 0 aromatic heterocycles. The smallest absolute Gasteiger partial charge is 0.214 e. The summed E-state index contributed by atoms with van der Waals surface area (Å²) in [6.45, 7) is 5.36. The van der Waals surface area contributed by atoms with Gasteiger partial charge in [-0.3, -0.25) is 0 Å². The van der Waals surface area contributed by atoms with E-state index in [1.807, 2.05) is 37.1 Å². The summed E-state index contributed by atoms with van der Waals surface area (Å²) < 4.78 is 5.97. The van der Waals surface area contributed by atoms with Crippen molar-refractivity contribution in [1.82, 2.24) is 10.2 Å². The lowest BCUT2D eigenvalue weighted by molar-refractivity contribution is 0.156. The Balaban J connectivity index is 2.14. The number of rotatable bonds is 1. The van der Waals surface area contributed by atoms with E-state index < -0.39 is 5.60 Å². The van der Waals surface area contributed by atoms with Gasteiger partial charge in [0.1, 0.15) is 11.4 Å². The Morgan fingerprint density at radius 3 is 2.91 bits per heavy atom. The van der Waals surface area contributed by atoms with E-state index in [1.54, 1.807) is 12.1 Å². The zero-order chi connectivity index (χ0) is 15.7. The molecule has 0 amide bonds. The van der Waals surface area contributed by atoms with Crippen LogP contribution in [0.3, 0.4) is 0 Å². The van der Waals surface area contributed by atoms with Crippen LogP contribution in [0.1, 0.15) is 25.0 Å². The first-order valence-corrected chi connectivity index (χ1v) is 6.99. The summed E-state index contributed by atoms with van der Waals surface area (Å²) in [5.41, 5.74) is 1.84. The molecule has 22 heavy (non-hydrogen) atoms. The van der Waals surface area contributed by atoms with Crippen molar-refractivity contribution in [2.24, 2.45) is 4.99 Å². The fraction of sp³-hybridized carbons (Fsp3) is 0.312. The fourth-order valence-electron chi connectivity index (χ4n) is 2.69. The van der Waals surface area contributed by atoms with E-state index >= 15 is 0 Å². The predicted molar refractivity (Wildman–Crippen MR) is 81.6 cm³/mol. The molecule has 110 valence electrons. The van der Waals surface area contributed by atoms with E-state index in [9.17, 15) is 0 Å². The second kappa shape index (κ2) is 5.09. The lowest BCUT2D eigenvalue weighted by Gasteiger charge is -2.34. The number of hydrogen-bond acceptors (Lipinski definition) is 4. The van der Waals surface area contributed by atoms with Crippen LogP contribution in [0.15, 0.2) is 29.3 Å². The van der Waals surface area contributed by atoms with Gasteiger partial charge in [0.2, 0.25) is 12.2 Å². The van der Waals surface area contributed by atoms with Gasteiger partial charge >= 0.3 is 0 Å². The van der Waals surface area contributed by atoms with Gasteiger partial charge in [0.25, 0.3) is 0 Å². The molecule has 0 unspecified atom stereocenters. The molecule has 6 nitrogen and oxygen atoms in total. The van der Waals surface area contributed by atoms with Crippen molar-refractivity contribution in [3.05, 3.63) is 35.4 Å². The maximum absolute atomic E-state index is 9.13. The molecule has 1 aromatic rings. The van der Waals surface area contributed by atoms with Crippen molar-refractivity contribution in [2.75, 3.05) is 13.1 Å². The molecular formula is C16H15N5O. The first-order chi connectivity index (χ1) is 10.5. The Morgan fingerprint density at radius 1 is 1.36 bits per heavy atom. The van der Waals surface area contributed by atoms with Crippen molar-refractivity contribution in [2.45, 2.75) is 19.4 Å². The predicted octanol–water partition coefficient (Wildman–Crippen LogP) is 1.81. The normalized spacial score (nSPS) is 20.3. The minimum atomic E-state index is -0.475. The molecule has 0 saturated carbocycles. The third kappa shape index (κ3) is 2.36. The van der Waals surface area contributed by atoms with E-state index in [0.717, 1.165) is 17.0 Å². The van der Waals surface area contributed by atoms with Gasteiger partial charge in [0, 0.05) is 18.7 Å². The van der Waals surface area contributed by atoms with Crippen molar-refractivity contribution in [3.63, 3.8) is 0 Å². The standard InChI is InChI=1S/C16H15N5O/c1-16(2)8-13(21-6-5-19-15(21)20-10-18)12-7-11(9-17)3-4-14(12)22-16/h3-4,7-8H,5-6H2,1-2H3,(H,19,20). The maximum Gasteiger partial charge on any atom is 0.214 e. The van der Waals surface area contributed by atoms with Crippen LogP contribution < -0.4 is 10.1 Å². The largest absolute Gasteiger partial charge is 0.483 e. The summed E-state index contributed by atoms with van der Waals surface area (Å²) in [7, 11) is 0. The quantitative estimate of drug-likeness (QED) is 0.798. The minimum Gasteiger partial charge on any atom is -0.483 e. The first kappa shape index (κ1) is 14.0. The molecular weight excluding hydrogens is 278 g/mol. The highest BCUT2D eigenvalue weighted by Gasteiger charge is 2.32. The second-order valence-electron chi connectivity index (χ2n) is 5.67. The monoisotopic (exact) mass is 293 g/mol. The van der Waals surface area contributed by atoms with E-state index in [-0.39, 0.29) is 0 Å². The molecule has 1 aromatic carbocycles. The molecule has 0 radical (unpaired) electrons. The Labute approximate surface area is 128 Å². The highest BCUT2D eigenvalue weighted by Crippen LogP contribution is 2.38. The molecule has 0 aliphatic carbocycles. The van der Waals surface area contributed by atoms with Gasteiger partial charge in [0.05, 0.1) is 17.3 Å². The molecule has 0 bridgehead atoms. The van der Waals surface area contributed by atoms with E-state index in [4.69, 9.17) is 15.3 Å². The van der Waals surface area contributed by atoms with E-state index in [2.05, 4.69) is 16.4 Å². The number of hydrogen-bond donors (Lipinski definition) is 1. The topological polar surface area (TPSA) is 84.4 Å². The lowest BCUT2D eigenvalue weighted by Crippen LogP contribution is -2.35. The Kier molecular flexibility index (Phi) is 3.23. The third-order valence-electron chi connectivity index (χ3n) is 3.56. The minimum absolute atomic E-state index is 0.475. The van der Waals surface area contributed by atoms with Gasteiger partial charge < -0.3 is 15.0 Å². The molecule has 2 heterocycles. The number of benzene rings is 1. The summed E-state index contributed by atoms with van der Waals surface area (Å²) in [4.78, 5) is 5.79. The number of aliphatic imine (C=N–C) groups is 1. The van der Waals surface area contributed by atoms with Crippen LogP contribution in [0.5, 0.6) is 5.75 Å². The van der Waals surface area contributed by atoms with Crippen molar-refractivity contribution in [3.8, 4) is 18.0 Å². The molecule has 2 aliphatic rings. The number of guanidine groups is 1. The number of fused-ring (bicyclic) bond motifs is 1. The molecule has 0 spiro atoms. The van der Waals surface area contributed by atoms with Gasteiger partial charge in [0.15, 0.2) is 0 Å². The van der Waals surface area contributed by atoms with Gasteiger partial charge in [-0.2, -0.15) is 10.5 Å². The Hall–Kier alpha value is -2.99. The molecule has 1 N–H and O–H groups in total. The lowest BCUT2D eigenvalue weighted by atomic mass is 9.97. The SMILES string of the molecule is CC1(C)C=C(N2CCN/C2=N\C#N)c2cc(C#N)ccc2O1. The second-order valence-corrected chi connectivity index (χ2v) is 5.67. The zero-order valence-electron chi connectivity index (χ0n) is 12.4. The number of nitrogens with one attached hydrogen (secondary N) is 1. The summed E-state index contributed by atoms with van der Waals surface area (Å²) in [5, 5.41) is 21.1. The van der Waals surface area contributed by atoms with Crippen LogP contribution in [-0.4, -0.2) is 29.6 Å². The highest BCUT2D eigenvalue weighted by atomic mass is 16.5. The van der Waals surface area contributed by atoms with E-state index in [1.165, 1.54) is 0 Å². The van der Waals surface area contributed by atoms with Gasteiger partial charge in [-0.1, -0.05) is 0 Å². The molecule has 0 atom stereocenters. The molecule has 1 saturated heterocycles. The first-order valence-electron chi connectivity index (χ1n) is 6.99. The maximum atomic E-state index is 9.13. The van der Waals surface area contributed by atoms with Crippen LogP contribution in [-0.2, 0) is 0 Å². The molecule has 1 fully saturated rings. The van der Waals surface area contributed by atoms with Crippen LogP contribution in [0, 0.1) is 22.8 Å². The van der Waals surface area contributed by atoms with Gasteiger partial charge in [-0.05, 0) is 38.1 Å². The number of nitrogens with zero attached hydrogens (tertiary/aromatic N) is 4. The Bertz CT molecular complexity index is 764. The van der Waals surface area contributed by atoms with Crippen LogP contribution in [0.4, 0.5) is 0 Å². The van der Waals surface area contributed by atoms with Crippen molar-refractivity contribution >= 4 is 11.7 Å². The molecule has 2 aliphatic heterocycles. The van der Waals surface area contributed by atoms with E-state index in [0.29, 0.717) is 24.6 Å². The van der Waals surface area contributed by atoms with Crippen molar-refractivity contribution in [1.29, 1.82) is 10.5 Å². The summed E-state index contributed by atoms with van der Waals surface area (Å²) in [6, 6.07) is 7.50. The zero-order valence-corrected chi connectivity index (χ0v) is 12.4. The third-order valence-corrected chi connectivity index (χ3v) is 3.56. The van der Waals surface area contributed by atoms with Crippen molar-refractivity contribution < 1.29 is 4.74 Å². The number of nitriles is 2.